The van der Waals surface area contributed by atoms with Gasteiger partial charge in [0.05, 0.1) is 12.7 Å². The molecule has 0 saturated heterocycles. The van der Waals surface area contributed by atoms with Crippen LogP contribution >= 0.6 is 0 Å². The fraction of sp³-hybridized carbons (Fsp3) is 0.500. The lowest BCUT2D eigenvalue weighted by Gasteiger charge is -2.10. The molecule has 0 aliphatic rings. The van der Waals surface area contributed by atoms with E-state index < -0.39 is 0 Å². The predicted octanol–water partition coefficient (Wildman–Crippen LogP) is 1.01. The van der Waals surface area contributed by atoms with Crippen molar-refractivity contribution in [2.45, 2.75) is 19.9 Å². The first-order valence-corrected chi connectivity index (χ1v) is 4.32. The zero-order valence-electron chi connectivity index (χ0n) is 8.33. The van der Waals surface area contributed by atoms with Gasteiger partial charge in [0.1, 0.15) is 0 Å². The van der Waals surface area contributed by atoms with Gasteiger partial charge in [-0.05, 0) is 13.8 Å². The highest BCUT2D eigenvalue weighted by atomic mass is 15.3. The van der Waals surface area contributed by atoms with Crippen LogP contribution in [0.3, 0.4) is 0 Å². The van der Waals surface area contributed by atoms with Crippen LogP contribution in [-0.2, 0) is 7.05 Å². The van der Waals surface area contributed by atoms with E-state index in [0.717, 1.165) is 0 Å². The zero-order chi connectivity index (χ0) is 9.84. The average molecular weight is 177 g/mol. The minimum absolute atomic E-state index is 0.268. The quantitative estimate of drug-likeness (QED) is 0.698. The summed E-state index contributed by atoms with van der Waals surface area (Å²) in [4.78, 5) is 0. The topological polar surface area (TPSA) is 29.9 Å². The Bertz CT molecular complexity index is 319. The van der Waals surface area contributed by atoms with Gasteiger partial charge in [0.25, 0.3) is 0 Å². The zero-order valence-corrected chi connectivity index (χ0v) is 8.33. The van der Waals surface area contributed by atoms with Gasteiger partial charge in [-0.15, -0.1) is 6.42 Å². The van der Waals surface area contributed by atoms with Crippen molar-refractivity contribution in [3.05, 3.63) is 17.5 Å². The van der Waals surface area contributed by atoms with Gasteiger partial charge in [-0.1, -0.05) is 5.92 Å². The van der Waals surface area contributed by atoms with E-state index >= 15 is 0 Å². The SMILES string of the molecule is C#CCNC(C)c1cnn(C)c1C. The molecule has 1 aromatic heterocycles. The molecule has 0 aliphatic carbocycles. The molecule has 0 amide bonds. The second-order valence-electron chi connectivity index (χ2n) is 3.12. The molecular formula is C10H15N3. The van der Waals surface area contributed by atoms with E-state index in [-0.39, 0.29) is 6.04 Å². The first-order valence-electron chi connectivity index (χ1n) is 4.32. The smallest absolute Gasteiger partial charge is 0.0578 e. The van der Waals surface area contributed by atoms with Crippen LogP contribution in [0.5, 0.6) is 0 Å². The predicted molar refractivity (Wildman–Crippen MR) is 53.2 cm³/mol. The highest BCUT2D eigenvalue weighted by Gasteiger charge is 2.10. The molecular weight excluding hydrogens is 162 g/mol. The van der Waals surface area contributed by atoms with Crippen LogP contribution < -0.4 is 5.32 Å². The van der Waals surface area contributed by atoms with Crippen molar-refractivity contribution in [3.63, 3.8) is 0 Å². The van der Waals surface area contributed by atoms with Crippen molar-refractivity contribution >= 4 is 0 Å². The number of aryl methyl sites for hydroxylation is 1. The Morgan fingerprint density at radius 3 is 2.92 bits per heavy atom. The second kappa shape index (κ2) is 4.11. The van der Waals surface area contributed by atoms with Crippen LogP contribution in [0.25, 0.3) is 0 Å². The maximum absolute atomic E-state index is 5.16. The van der Waals surface area contributed by atoms with Gasteiger partial charge < -0.3 is 0 Å². The standard InChI is InChI=1S/C10H15N3/c1-5-6-11-8(2)10-7-12-13(4)9(10)3/h1,7-8,11H,6H2,2-4H3. The molecule has 0 radical (unpaired) electrons. The van der Waals surface area contributed by atoms with Gasteiger partial charge in [-0.2, -0.15) is 5.10 Å². The fourth-order valence-electron chi connectivity index (χ4n) is 1.26. The minimum Gasteiger partial charge on any atom is -0.299 e. The maximum atomic E-state index is 5.16. The van der Waals surface area contributed by atoms with E-state index in [2.05, 4.69) is 30.2 Å². The van der Waals surface area contributed by atoms with Gasteiger partial charge in [0.2, 0.25) is 0 Å². The Morgan fingerprint density at radius 2 is 2.46 bits per heavy atom. The molecule has 1 heterocycles. The third-order valence-electron chi connectivity index (χ3n) is 2.25. The Morgan fingerprint density at radius 1 is 1.77 bits per heavy atom. The van der Waals surface area contributed by atoms with Gasteiger partial charge in [-0.25, -0.2) is 0 Å². The third kappa shape index (κ3) is 2.10. The first-order chi connectivity index (χ1) is 6.16. The Labute approximate surface area is 79.1 Å². The first kappa shape index (κ1) is 9.82. The molecule has 0 spiro atoms. The molecule has 3 nitrogen and oxygen atoms in total. The van der Waals surface area contributed by atoms with E-state index in [1.54, 1.807) is 0 Å². The normalized spacial score (nSPS) is 12.5. The van der Waals surface area contributed by atoms with Crippen molar-refractivity contribution in [1.82, 2.24) is 15.1 Å². The number of hydrogen-bond acceptors (Lipinski definition) is 2. The van der Waals surface area contributed by atoms with E-state index in [4.69, 9.17) is 6.42 Å². The molecule has 13 heavy (non-hydrogen) atoms. The Balaban J connectivity index is 2.72. The number of rotatable bonds is 3. The van der Waals surface area contributed by atoms with Crippen LogP contribution in [0, 0.1) is 19.3 Å². The van der Waals surface area contributed by atoms with Crippen molar-refractivity contribution in [2.75, 3.05) is 6.54 Å². The lowest BCUT2D eigenvalue weighted by atomic mass is 10.1. The lowest BCUT2D eigenvalue weighted by Crippen LogP contribution is -2.19. The van der Waals surface area contributed by atoms with Crippen molar-refractivity contribution in [3.8, 4) is 12.3 Å². The molecule has 1 unspecified atom stereocenters. The molecule has 0 bridgehead atoms. The Hall–Kier alpha value is -1.27. The molecule has 1 atom stereocenters. The number of aromatic nitrogens is 2. The fourth-order valence-corrected chi connectivity index (χ4v) is 1.26. The monoisotopic (exact) mass is 177 g/mol. The van der Waals surface area contributed by atoms with Gasteiger partial charge >= 0.3 is 0 Å². The average Bonchev–Trinajstić information content (AvgIpc) is 2.44. The van der Waals surface area contributed by atoms with Crippen LogP contribution in [0.1, 0.15) is 24.2 Å². The van der Waals surface area contributed by atoms with Crippen molar-refractivity contribution in [1.29, 1.82) is 0 Å². The molecule has 1 aromatic rings. The largest absolute Gasteiger partial charge is 0.299 e. The molecule has 3 heteroatoms. The third-order valence-corrected chi connectivity index (χ3v) is 2.25. The maximum Gasteiger partial charge on any atom is 0.0578 e. The lowest BCUT2D eigenvalue weighted by molar-refractivity contribution is 0.617. The molecule has 0 fully saturated rings. The van der Waals surface area contributed by atoms with Crippen LogP contribution in [-0.4, -0.2) is 16.3 Å². The van der Waals surface area contributed by atoms with Gasteiger partial charge in [0, 0.05) is 24.3 Å². The highest BCUT2D eigenvalue weighted by Crippen LogP contribution is 2.15. The van der Waals surface area contributed by atoms with Crippen molar-refractivity contribution in [2.24, 2.45) is 7.05 Å². The number of nitrogens with one attached hydrogen (secondary N) is 1. The summed E-state index contributed by atoms with van der Waals surface area (Å²) in [5, 5.41) is 7.38. The summed E-state index contributed by atoms with van der Waals surface area (Å²) in [7, 11) is 1.94. The number of hydrogen-bond donors (Lipinski definition) is 1. The molecule has 1 N–H and O–H groups in total. The summed E-state index contributed by atoms with van der Waals surface area (Å²) >= 11 is 0. The summed E-state index contributed by atoms with van der Waals surface area (Å²) in [5.74, 6) is 2.56. The minimum atomic E-state index is 0.268. The highest BCUT2D eigenvalue weighted by molar-refractivity contribution is 5.19. The molecule has 1 rings (SSSR count). The van der Waals surface area contributed by atoms with E-state index in [1.807, 2.05) is 17.9 Å². The van der Waals surface area contributed by atoms with E-state index in [1.165, 1.54) is 11.3 Å². The number of nitrogens with zero attached hydrogens (tertiary/aromatic N) is 2. The van der Waals surface area contributed by atoms with Crippen LogP contribution in [0.15, 0.2) is 6.20 Å². The summed E-state index contributed by atoms with van der Waals surface area (Å²) in [6.45, 7) is 4.73. The van der Waals surface area contributed by atoms with Crippen LogP contribution in [0.2, 0.25) is 0 Å². The summed E-state index contributed by atoms with van der Waals surface area (Å²) < 4.78 is 1.86. The molecule has 70 valence electrons. The summed E-state index contributed by atoms with van der Waals surface area (Å²) in [5.41, 5.74) is 2.38. The van der Waals surface area contributed by atoms with Crippen molar-refractivity contribution < 1.29 is 0 Å². The molecule has 0 aliphatic heterocycles. The van der Waals surface area contributed by atoms with E-state index in [0.29, 0.717) is 6.54 Å². The molecule has 0 aromatic carbocycles. The summed E-state index contributed by atoms with van der Waals surface area (Å²) in [6, 6.07) is 0.268. The Kier molecular flexibility index (Phi) is 3.10. The van der Waals surface area contributed by atoms with Gasteiger partial charge in [0.15, 0.2) is 0 Å². The second-order valence-corrected chi connectivity index (χ2v) is 3.12. The molecule has 0 saturated carbocycles. The van der Waals surface area contributed by atoms with Gasteiger partial charge in [-0.3, -0.25) is 10.00 Å². The number of terminal acetylenes is 1. The van der Waals surface area contributed by atoms with E-state index in [9.17, 15) is 0 Å². The van der Waals surface area contributed by atoms with Crippen LogP contribution in [0.4, 0.5) is 0 Å². The summed E-state index contributed by atoms with van der Waals surface area (Å²) in [6.07, 6.45) is 7.04.